The third kappa shape index (κ3) is 2.16. The molecule has 1 aromatic carbocycles. The molecule has 80 valence electrons. The van der Waals surface area contributed by atoms with Crippen LogP contribution >= 0.6 is 11.8 Å². The minimum absolute atomic E-state index is 0.758. The Hall–Kier alpha value is -1.00. The van der Waals surface area contributed by atoms with E-state index in [2.05, 4.69) is 15.6 Å². The first kappa shape index (κ1) is 10.5. The summed E-state index contributed by atoms with van der Waals surface area (Å²) >= 11 is 1.72. The Morgan fingerprint density at radius 1 is 1.40 bits per heavy atom. The van der Waals surface area contributed by atoms with Gasteiger partial charge in [0.25, 0.3) is 0 Å². The van der Waals surface area contributed by atoms with Crippen molar-refractivity contribution < 1.29 is 4.74 Å². The number of hydrogen-bond acceptors (Lipinski definition) is 3. The summed E-state index contributed by atoms with van der Waals surface area (Å²) in [6.45, 7) is 0.758. The van der Waals surface area contributed by atoms with E-state index in [9.17, 15) is 0 Å². The molecule has 2 rings (SSSR count). The van der Waals surface area contributed by atoms with Crippen LogP contribution in [0.1, 0.15) is 0 Å². The molecular formula is C11H14N2OS. The largest absolute Gasteiger partial charge is 0.384 e. The maximum absolute atomic E-state index is 5.02. The molecule has 0 aliphatic carbocycles. The molecule has 0 aliphatic heterocycles. The number of fused-ring (bicyclic) bond motifs is 1. The minimum atomic E-state index is 0.758. The second-order valence-corrected chi connectivity index (χ2v) is 4.35. The Balaban J connectivity index is 2.24. The summed E-state index contributed by atoms with van der Waals surface area (Å²) in [5.41, 5.74) is 2.23. The molecule has 0 saturated carbocycles. The Bertz CT molecular complexity index is 453. The zero-order chi connectivity index (χ0) is 10.7. The number of nitrogens with zero attached hydrogens (tertiary/aromatic N) is 2. The molecule has 4 heteroatoms. The van der Waals surface area contributed by atoms with Gasteiger partial charge in [0.2, 0.25) is 0 Å². The highest BCUT2D eigenvalue weighted by molar-refractivity contribution is 7.99. The van der Waals surface area contributed by atoms with Gasteiger partial charge in [-0.05, 0) is 12.1 Å². The molecule has 0 spiro atoms. The monoisotopic (exact) mass is 222 g/mol. The number of para-hydroxylation sites is 2. The summed E-state index contributed by atoms with van der Waals surface area (Å²) in [4.78, 5) is 4.55. The van der Waals surface area contributed by atoms with E-state index < -0.39 is 0 Å². The normalized spacial score (nSPS) is 11.1. The lowest BCUT2D eigenvalue weighted by molar-refractivity contribution is 0.218. The number of hydrogen-bond donors (Lipinski definition) is 0. The number of ether oxygens (including phenoxy) is 1. The van der Waals surface area contributed by atoms with Crippen molar-refractivity contribution in [2.45, 2.75) is 5.16 Å². The Labute approximate surface area is 93.4 Å². The topological polar surface area (TPSA) is 27.1 Å². The van der Waals surface area contributed by atoms with Gasteiger partial charge in [-0.1, -0.05) is 23.9 Å². The first-order valence-corrected chi connectivity index (χ1v) is 5.84. The lowest BCUT2D eigenvalue weighted by Crippen LogP contribution is -1.95. The molecule has 0 amide bonds. The maximum Gasteiger partial charge on any atom is 0.168 e. The van der Waals surface area contributed by atoms with Gasteiger partial charge in [0.05, 0.1) is 17.6 Å². The number of aryl methyl sites for hydroxylation is 1. The van der Waals surface area contributed by atoms with E-state index in [0.29, 0.717) is 0 Å². The van der Waals surface area contributed by atoms with Crippen molar-refractivity contribution in [2.75, 3.05) is 19.5 Å². The van der Waals surface area contributed by atoms with Crippen LogP contribution in [0.3, 0.4) is 0 Å². The van der Waals surface area contributed by atoms with E-state index in [1.165, 1.54) is 5.52 Å². The van der Waals surface area contributed by atoms with Crippen molar-refractivity contribution in [3.8, 4) is 0 Å². The van der Waals surface area contributed by atoms with Gasteiger partial charge < -0.3 is 9.30 Å². The molecule has 0 aliphatic rings. The van der Waals surface area contributed by atoms with E-state index in [0.717, 1.165) is 23.0 Å². The van der Waals surface area contributed by atoms with Crippen molar-refractivity contribution in [1.82, 2.24) is 9.55 Å². The fraction of sp³-hybridized carbons (Fsp3) is 0.364. The van der Waals surface area contributed by atoms with Crippen molar-refractivity contribution >= 4 is 22.8 Å². The van der Waals surface area contributed by atoms with Crippen LogP contribution in [0, 0.1) is 0 Å². The molecule has 0 bridgehead atoms. The molecule has 1 aromatic heterocycles. The van der Waals surface area contributed by atoms with Crippen LogP contribution in [-0.2, 0) is 11.8 Å². The van der Waals surface area contributed by atoms with E-state index >= 15 is 0 Å². The highest BCUT2D eigenvalue weighted by Crippen LogP contribution is 2.22. The highest BCUT2D eigenvalue weighted by atomic mass is 32.2. The number of imidazole rings is 1. The summed E-state index contributed by atoms with van der Waals surface area (Å²) in [5.74, 6) is 0.938. The zero-order valence-electron chi connectivity index (χ0n) is 8.93. The first-order chi connectivity index (χ1) is 7.33. The molecular weight excluding hydrogens is 208 g/mol. The minimum Gasteiger partial charge on any atom is -0.384 e. The van der Waals surface area contributed by atoms with Crippen LogP contribution in [0.15, 0.2) is 29.4 Å². The number of rotatable bonds is 4. The predicted molar refractivity (Wildman–Crippen MR) is 63.3 cm³/mol. The maximum atomic E-state index is 5.02. The van der Waals surface area contributed by atoms with Crippen LogP contribution in [0.2, 0.25) is 0 Å². The molecule has 0 N–H and O–H groups in total. The van der Waals surface area contributed by atoms with Crippen molar-refractivity contribution in [1.29, 1.82) is 0 Å². The number of aromatic nitrogens is 2. The third-order valence-corrected chi connectivity index (χ3v) is 3.26. The van der Waals surface area contributed by atoms with E-state index in [1.54, 1.807) is 18.9 Å². The van der Waals surface area contributed by atoms with E-state index in [-0.39, 0.29) is 0 Å². The molecule has 0 saturated heterocycles. The second-order valence-electron chi connectivity index (χ2n) is 3.28. The summed E-state index contributed by atoms with van der Waals surface area (Å²) < 4.78 is 7.14. The lowest BCUT2D eigenvalue weighted by atomic mass is 10.3. The fourth-order valence-corrected chi connectivity index (χ4v) is 2.36. The van der Waals surface area contributed by atoms with Crippen molar-refractivity contribution in [3.05, 3.63) is 24.3 Å². The number of benzene rings is 1. The summed E-state index contributed by atoms with van der Waals surface area (Å²) in [6, 6.07) is 8.17. The zero-order valence-corrected chi connectivity index (χ0v) is 9.75. The van der Waals surface area contributed by atoms with Crippen molar-refractivity contribution in [3.63, 3.8) is 0 Å². The average molecular weight is 222 g/mol. The Kier molecular flexibility index (Phi) is 3.28. The summed E-state index contributed by atoms with van der Waals surface area (Å²) in [6.07, 6.45) is 0. The average Bonchev–Trinajstić information content (AvgIpc) is 2.57. The molecule has 0 radical (unpaired) electrons. The SMILES string of the molecule is COCCSc1nc2ccccc2n1C. The second kappa shape index (κ2) is 4.68. The molecule has 2 aromatic rings. The van der Waals surface area contributed by atoms with Crippen LogP contribution < -0.4 is 0 Å². The highest BCUT2D eigenvalue weighted by Gasteiger charge is 2.06. The van der Waals surface area contributed by atoms with Crippen LogP contribution in [0.25, 0.3) is 11.0 Å². The van der Waals surface area contributed by atoms with E-state index in [1.807, 2.05) is 25.2 Å². The molecule has 15 heavy (non-hydrogen) atoms. The standard InChI is InChI=1S/C11H14N2OS/c1-13-10-6-4-3-5-9(10)12-11(13)15-8-7-14-2/h3-6H,7-8H2,1-2H3. The Morgan fingerprint density at radius 2 is 2.20 bits per heavy atom. The lowest BCUT2D eigenvalue weighted by Gasteiger charge is -2.00. The quantitative estimate of drug-likeness (QED) is 0.587. The molecule has 3 nitrogen and oxygen atoms in total. The van der Waals surface area contributed by atoms with Gasteiger partial charge in [0.1, 0.15) is 0 Å². The number of thioether (sulfide) groups is 1. The van der Waals surface area contributed by atoms with Gasteiger partial charge >= 0.3 is 0 Å². The smallest absolute Gasteiger partial charge is 0.168 e. The van der Waals surface area contributed by atoms with E-state index in [4.69, 9.17) is 4.74 Å². The first-order valence-electron chi connectivity index (χ1n) is 4.86. The van der Waals surface area contributed by atoms with Gasteiger partial charge in [-0.15, -0.1) is 0 Å². The molecule has 0 fully saturated rings. The van der Waals surface area contributed by atoms with Gasteiger partial charge in [-0.3, -0.25) is 0 Å². The van der Waals surface area contributed by atoms with Crippen LogP contribution in [0.4, 0.5) is 0 Å². The summed E-state index contributed by atoms with van der Waals surface area (Å²) in [7, 11) is 3.76. The van der Waals surface area contributed by atoms with Gasteiger partial charge in [-0.2, -0.15) is 0 Å². The predicted octanol–water partition coefficient (Wildman–Crippen LogP) is 2.31. The van der Waals surface area contributed by atoms with Gasteiger partial charge in [0, 0.05) is 19.9 Å². The molecule has 0 atom stereocenters. The van der Waals surface area contributed by atoms with Crippen LogP contribution in [-0.4, -0.2) is 29.0 Å². The van der Waals surface area contributed by atoms with Crippen molar-refractivity contribution in [2.24, 2.45) is 7.05 Å². The third-order valence-electron chi connectivity index (χ3n) is 2.26. The summed E-state index contributed by atoms with van der Waals surface area (Å²) in [5, 5.41) is 1.05. The molecule has 0 unspecified atom stereocenters. The Morgan fingerprint density at radius 3 is 2.93 bits per heavy atom. The molecule has 1 heterocycles. The van der Waals surface area contributed by atoms with Gasteiger partial charge in [-0.25, -0.2) is 4.98 Å². The van der Waals surface area contributed by atoms with Gasteiger partial charge in [0.15, 0.2) is 5.16 Å². The van der Waals surface area contributed by atoms with Crippen LogP contribution in [0.5, 0.6) is 0 Å². The number of methoxy groups -OCH3 is 1. The fourth-order valence-electron chi connectivity index (χ4n) is 1.47.